The molecule has 0 aromatic rings. The molecule has 0 saturated heterocycles. The Hall–Kier alpha value is -0.570. The van der Waals surface area contributed by atoms with E-state index in [1.807, 2.05) is 6.92 Å². The lowest BCUT2D eigenvalue weighted by molar-refractivity contribution is -0.240. The highest BCUT2D eigenvalue weighted by atomic mass is 16.7. The van der Waals surface area contributed by atoms with Crippen molar-refractivity contribution in [2.45, 2.75) is 51.7 Å². The van der Waals surface area contributed by atoms with Crippen molar-refractivity contribution in [1.82, 2.24) is 0 Å². The summed E-state index contributed by atoms with van der Waals surface area (Å²) in [5.41, 5.74) is 0. The smallest absolute Gasteiger partial charge is 0.305 e. The van der Waals surface area contributed by atoms with Crippen LogP contribution in [0.5, 0.6) is 0 Å². The highest BCUT2D eigenvalue weighted by Crippen LogP contribution is 2.32. The van der Waals surface area contributed by atoms with E-state index in [2.05, 4.69) is 0 Å². The van der Waals surface area contributed by atoms with Gasteiger partial charge in [0.05, 0.1) is 0 Å². The zero-order chi connectivity index (χ0) is 9.73. The van der Waals surface area contributed by atoms with Crippen LogP contribution in [0.2, 0.25) is 0 Å². The van der Waals surface area contributed by atoms with Gasteiger partial charge in [0.2, 0.25) is 5.79 Å². The Kier molecular flexibility index (Phi) is 3.72. The minimum atomic E-state index is -0.598. The minimum absolute atomic E-state index is 0.240. The molecule has 76 valence electrons. The lowest BCUT2D eigenvalue weighted by atomic mass is 9.94. The molecular formula is C10H18O3. The third-order valence-corrected chi connectivity index (χ3v) is 2.35. The molecule has 0 aromatic carbocycles. The average Bonchev–Trinajstić information content (AvgIpc) is 2.04. The molecule has 0 heterocycles. The molecule has 13 heavy (non-hydrogen) atoms. The predicted octanol–water partition coefficient (Wildman–Crippen LogP) is 2.25. The standard InChI is InChI=1S/C10H18O3/c1-3-12-10(13-9(2)11)7-5-4-6-8-10/h3-8H2,1-2H3. The van der Waals surface area contributed by atoms with E-state index in [4.69, 9.17) is 9.47 Å². The van der Waals surface area contributed by atoms with Crippen LogP contribution < -0.4 is 0 Å². The normalized spacial score (nSPS) is 21.1. The molecule has 1 saturated carbocycles. The first-order valence-electron chi connectivity index (χ1n) is 5.02. The van der Waals surface area contributed by atoms with E-state index < -0.39 is 5.79 Å². The zero-order valence-corrected chi connectivity index (χ0v) is 8.47. The summed E-state index contributed by atoms with van der Waals surface area (Å²) < 4.78 is 10.8. The number of hydrogen-bond acceptors (Lipinski definition) is 3. The zero-order valence-electron chi connectivity index (χ0n) is 8.47. The van der Waals surface area contributed by atoms with E-state index in [1.165, 1.54) is 13.3 Å². The molecule has 1 aliphatic carbocycles. The van der Waals surface area contributed by atoms with Gasteiger partial charge in [-0.1, -0.05) is 6.42 Å². The van der Waals surface area contributed by atoms with Crippen molar-refractivity contribution < 1.29 is 14.3 Å². The SMILES string of the molecule is CCOC1(OC(C)=O)CCCCC1. The molecule has 0 radical (unpaired) electrons. The second-order valence-electron chi connectivity index (χ2n) is 3.50. The summed E-state index contributed by atoms with van der Waals surface area (Å²) in [6, 6.07) is 0. The second kappa shape index (κ2) is 4.61. The van der Waals surface area contributed by atoms with Gasteiger partial charge >= 0.3 is 5.97 Å². The molecule has 1 rings (SSSR count). The lowest BCUT2D eigenvalue weighted by Gasteiger charge is -2.35. The van der Waals surface area contributed by atoms with Crippen molar-refractivity contribution in [2.24, 2.45) is 0 Å². The van der Waals surface area contributed by atoms with Gasteiger partial charge in [0, 0.05) is 26.4 Å². The maximum atomic E-state index is 10.9. The first kappa shape index (κ1) is 10.5. The Morgan fingerprint density at radius 3 is 2.38 bits per heavy atom. The third kappa shape index (κ3) is 2.99. The molecule has 0 atom stereocenters. The van der Waals surface area contributed by atoms with Gasteiger partial charge in [-0.15, -0.1) is 0 Å². The average molecular weight is 186 g/mol. The van der Waals surface area contributed by atoms with Crippen LogP contribution >= 0.6 is 0 Å². The maximum absolute atomic E-state index is 10.9. The van der Waals surface area contributed by atoms with Crippen LogP contribution in [-0.2, 0) is 14.3 Å². The van der Waals surface area contributed by atoms with Gasteiger partial charge in [-0.25, -0.2) is 0 Å². The maximum Gasteiger partial charge on any atom is 0.305 e. The number of carbonyl (C=O) groups is 1. The number of carbonyl (C=O) groups excluding carboxylic acids is 1. The Morgan fingerprint density at radius 2 is 1.92 bits per heavy atom. The number of hydrogen-bond donors (Lipinski definition) is 0. The van der Waals surface area contributed by atoms with Crippen LogP contribution in [0.15, 0.2) is 0 Å². The summed E-state index contributed by atoms with van der Waals surface area (Å²) in [5, 5.41) is 0. The Morgan fingerprint density at radius 1 is 1.31 bits per heavy atom. The molecule has 0 amide bonds. The van der Waals surface area contributed by atoms with Crippen LogP contribution in [0.4, 0.5) is 0 Å². The van der Waals surface area contributed by atoms with E-state index in [1.54, 1.807) is 0 Å². The molecule has 0 N–H and O–H groups in total. The minimum Gasteiger partial charge on any atom is -0.433 e. The van der Waals surface area contributed by atoms with E-state index in [0.717, 1.165) is 25.7 Å². The van der Waals surface area contributed by atoms with Gasteiger partial charge in [0.15, 0.2) is 0 Å². The summed E-state index contributed by atoms with van der Waals surface area (Å²) in [4.78, 5) is 10.9. The molecule has 3 heteroatoms. The molecule has 3 nitrogen and oxygen atoms in total. The summed E-state index contributed by atoms with van der Waals surface area (Å²) in [6.45, 7) is 3.97. The number of esters is 1. The summed E-state index contributed by atoms with van der Waals surface area (Å²) in [7, 11) is 0. The van der Waals surface area contributed by atoms with Gasteiger partial charge in [0.1, 0.15) is 0 Å². The Labute approximate surface area is 79.4 Å². The number of rotatable bonds is 3. The van der Waals surface area contributed by atoms with Crippen LogP contribution in [0, 0.1) is 0 Å². The predicted molar refractivity (Wildman–Crippen MR) is 49.2 cm³/mol. The first-order chi connectivity index (χ1) is 6.18. The Balaban J connectivity index is 2.55. The third-order valence-electron chi connectivity index (χ3n) is 2.35. The molecule has 0 bridgehead atoms. The molecule has 0 unspecified atom stereocenters. The van der Waals surface area contributed by atoms with Crippen molar-refractivity contribution in [3.8, 4) is 0 Å². The topological polar surface area (TPSA) is 35.5 Å². The fraction of sp³-hybridized carbons (Fsp3) is 0.900. The van der Waals surface area contributed by atoms with Crippen molar-refractivity contribution in [1.29, 1.82) is 0 Å². The van der Waals surface area contributed by atoms with Crippen LogP contribution in [0.1, 0.15) is 46.0 Å². The Bertz CT molecular complexity index is 165. The van der Waals surface area contributed by atoms with Gasteiger partial charge < -0.3 is 9.47 Å². The van der Waals surface area contributed by atoms with Crippen LogP contribution in [0.3, 0.4) is 0 Å². The number of ether oxygens (including phenoxy) is 2. The molecule has 0 aliphatic heterocycles. The first-order valence-corrected chi connectivity index (χ1v) is 5.02. The molecule has 0 spiro atoms. The quantitative estimate of drug-likeness (QED) is 0.501. The lowest BCUT2D eigenvalue weighted by Crippen LogP contribution is -2.39. The van der Waals surface area contributed by atoms with Gasteiger partial charge in [-0.2, -0.15) is 0 Å². The van der Waals surface area contributed by atoms with E-state index >= 15 is 0 Å². The highest BCUT2D eigenvalue weighted by molar-refractivity contribution is 5.66. The molecular weight excluding hydrogens is 168 g/mol. The highest BCUT2D eigenvalue weighted by Gasteiger charge is 2.35. The van der Waals surface area contributed by atoms with Crippen LogP contribution in [-0.4, -0.2) is 18.4 Å². The van der Waals surface area contributed by atoms with E-state index in [-0.39, 0.29) is 5.97 Å². The summed E-state index contributed by atoms with van der Waals surface area (Å²) in [5.74, 6) is -0.839. The van der Waals surface area contributed by atoms with Crippen molar-refractivity contribution in [3.05, 3.63) is 0 Å². The summed E-state index contributed by atoms with van der Waals surface area (Å²) in [6.07, 6.45) is 5.09. The van der Waals surface area contributed by atoms with Crippen molar-refractivity contribution in [3.63, 3.8) is 0 Å². The van der Waals surface area contributed by atoms with E-state index in [0.29, 0.717) is 6.61 Å². The van der Waals surface area contributed by atoms with Crippen molar-refractivity contribution in [2.75, 3.05) is 6.61 Å². The largest absolute Gasteiger partial charge is 0.433 e. The van der Waals surface area contributed by atoms with Gasteiger partial charge in [-0.05, 0) is 19.8 Å². The second-order valence-corrected chi connectivity index (χ2v) is 3.50. The summed E-state index contributed by atoms with van der Waals surface area (Å²) >= 11 is 0. The molecule has 1 fully saturated rings. The fourth-order valence-electron chi connectivity index (χ4n) is 1.89. The van der Waals surface area contributed by atoms with Crippen LogP contribution in [0.25, 0.3) is 0 Å². The fourth-order valence-corrected chi connectivity index (χ4v) is 1.89. The monoisotopic (exact) mass is 186 g/mol. The van der Waals surface area contributed by atoms with Gasteiger partial charge in [-0.3, -0.25) is 4.79 Å². The van der Waals surface area contributed by atoms with Crippen molar-refractivity contribution >= 4 is 5.97 Å². The van der Waals surface area contributed by atoms with E-state index in [9.17, 15) is 4.79 Å². The molecule has 0 aromatic heterocycles. The van der Waals surface area contributed by atoms with Gasteiger partial charge in [0.25, 0.3) is 0 Å². The molecule has 1 aliphatic rings.